The average Bonchev–Trinajstić information content (AvgIpc) is 3.46. The van der Waals surface area contributed by atoms with Gasteiger partial charge in [0, 0.05) is 24.8 Å². The van der Waals surface area contributed by atoms with Crippen molar-refractivity contribution < 1.29 is 4.74 Å². The van der Waals surface area contributed by atoms with Crippen LogP contribution in [0.4, 0.5) is 0 Å². The number of ether oxygens (including phenoxy) is 1. The number of nitrogens with one attached hydrogen (secondary N) is 2. The molecule has 2 aliphatic heterocycles. The van der Waals surface area contributed by atoms with Crippen LogP contribution in [0.15, 0.2) is 42.6 Å². The Bertz CT molecular complexity index is 1020. The molecule has 0 spiro atoms. The van der Waals surface area contributed by atoms with Crippen LogP contribution in [0.5, 0.6) is 0 Å². The van der Waals surface area contributed by atoms with E-state index >= 15 is 0 Å². The predicted octanol–water partition coefficient (Wildman–Crippen LogP) is 3.08. The second-order valence-corrected chi connectivity index (χ2v) is 7.87. The molecule has 2 aliphatic rings. The average molecular weight is 387 g/mol. The van der Waals surface area contributed by atoms with Gasteiger partial charge in [-0.15, -0.1) is 0 Å². The molecule has 6 nitrogen and oxygen atoms in total. The fourth-order valence-corrected chi connectivity index (χ4v) is 4.67. The molecule has 5 rings (SSSR count). The number of aromatic amines is 1. The first kappa shape index (κ1) is 18.3. The van der Waals surface area contributed by atoms with Crippen molar-refractivity contribution >= 4 is 11.0 Å². The molecule has 2 aromatic heterocycles. The maximum Gasteiger partial charge on any atom is 0.0991 e. The van der Waals surface area contributed by atoms with E-state index in [0.29, 0.717) is 11.5 Å². The summed E-state index contributed by atoms with van der Waals surface area (Å²) in [5, 5.41) is 12.7. The molecule has 148 valence electrons. The predicted molar refractivity (Wildman–Crippen MR) is 112 cm³/mol. The van der Waals surface area contributed by atoms with Gasteiger partial charge in [-0.2, -0.15) is 5.26 Å². The van der Waals surface area contributed by atoms with Crippen LogP contribution in [0.1, 0.15) is 23.7 Å². The highest BCUT2D eigenvalue weighted by Crippen LogP contribution is 2.38. The van der Waals surface area contributed by atoms with Crippen molar-refractivity contribution in [2.24, 2.45) is 5.92 Å². The van der Waals surface area contributed by atoms with Gasteiger partial charge >= 0.3 is 0 Å². The van der Waals surface area contributed by atoms with Crippen molar-refractivity contribution in [3.05, 3.63) is 53.9 Å². The summed E-state index contributed by atoms with van der Waals surface area (Å²) >= 11 is 0. The van der Waals surface area contributed by atoms with Crippen LogP contribution in [0.25, 0.3) is 22.2 Å². The quantitative estimate of drug-likeness (QED) is 0.719. The number of nitrogens with zero attached hydrogens (tertiary/aromatic N) is 3. The standard InChI is InChI=1S/C23H25N5O/c24-14-16-1-3-17(4-2-16)19-13-21-20(6-8-26-21)27-22(19)23(18-5-7-25-15-18)28-9-11-29-12-10-28/h1-4,6,8,13,18,23,25-26H,5,7,9-12,15H2/t18-,23?/m1/s1. The molecular weight excluding hydrogens is 362 g/mol. The Hall–Kier alpha value is -2.72. The van der Waals surface area contributed by atoms with Gasteiger partial charge in [0.2, 0.25) is 0 Å². The van der Waals surface area contributed by atoms with E-state index in [-0.39, 0.29) is 6.04 Å². The molecule has 3 aromatic rings. The van der Waals surface area contributed by atoms with Crippen molar-refractivity contribution in [2.45, 2.75) is 12.5 Å². The molecule has 0 amide bonds. The first-order valence-corrected chi connectivity index (χ1v) is 10.3. The van der Waals surface area contributed by atoms with Gasteiger partial charge < -0.3 is 15.0 Å². The maximum atomic E-state index is 9.18. The molecule has 0 bridgehead atoms. The molecule has 1 unspecified atom stereocenters. The molecule has 6 heteroatoms. The first-order valence-electron chi connectivity index (χ1n) is 10.3. The lowest BCUT2D eigenvalue weighted by atomic mass is 9.88. The Morgan fingerprint density at radius 1 is 1.17 bits per heavy atom. The largest absolute Gasteiger partial charge is 0.379 e. The fraction of sp³-hybridized carbons (Fsp3) is 0.391. The summed E-state index contributed by atoms with van der Waals surface area (Å²) in [6.07, 6.45) is 3.10. The lowest BCUT2D eigenvalue weighted by Gasteiger charge is -2.38. The minimum absolute atomic E-state index is 0.249. The van der Waals surface area contributed by atoms with Crippen molar-refractivity contribution in [1.82, 2.24) is 20.2 Å². The molecular formula is C23H25N5O. The lowest BCUT2D eigenvalue weighted by Crippen LogP contribution is -2.43. The minimum atomic E-state index is 0.249. The van der Waals surface area contributed by atoms with E-state index in [1.165, 1.54) is 0 Å². The summed E-state index contributed by atoms with van der Waals surface area (Å²) in [5.41, 5.74) is 6.10. The second-order valence-electron chi connectivity index (χ2n) is 7.87. The van der Waals surface area contributed by atoms with Gasteiger partial charge in [0.15, 0.2) is 0 Å². The summed E-state index contributed by atoms with van der Waals surface area (Å²) in [6, 6.07) is 14.6. The number of benzene rings is 1. The third-order valence-corrected chi connectivity index (χ3v) is 6.15. The number of hydrogen-bond donors (Lipinski definition) is 2. The number of aromatic nitrogens is 2. The highest BCUT2D eigenvalue weighted by Gasteiger charge is 2.35. The summed E-state index contributed by atoms with van der Waals surface area (Å²) in [5.74, 6) is 0.522. The number of pyridine rings is 1. The Kier molecular flexibility index (Phi) is 5.03. The molecule has 29 heavy (non-hydrogen) atoms. The minimum Gasteiger partial charge on any atom is -0.379 e. The highest BCUT2D eigenvalue weighted by molar-refractivity contribution is 5.82. The van der Waals surface area contributed by atoms with Crippen molar-refractivity contribution in [1.29, 1.82) is 5.26 Å². The van der Waals surface area contributed by atoms with Gasteiger partial charge in [0.1, 0.15) is 0 Å². The van der Waals surface area contributed by atoms with Gasteiger partial charge in [-0.25, -0.2) is 4.98 Å². The van der Waals surface area contributed by atoms with Gasteiger partial charge in [0.05, 0.1) is 47.6 Å². The van der Waals surface area contributed by atoms with Crippen LogP contribution in [-0.4, -0.2) is 54.3 Å². The zero-order chi connectivity index (χ0) is 19.6. The number of rotatable bonds is 4. The first-order chi connectivity index (χ1) is 14.3. The Morgan fingerprint density at radius 3 is 2.72 bits per heavy atom. The van der Waals surface area contributed by atoms with Crippen molar-refractivity contribution in [3.8, 4) is 17.2 Å². The van der Waals surface area contributed by atoms with E-state index in [1.54, 1.807) is 0 Å². The molecule has 2 atom stereocenters. The van der Waals surface area contributed by atoms with Crippen LogP contribution in [0.3, 0.4) is 0 Å². The summed E-state index contributed by atoms with van der Waals surface area (Å²) < 4.78 is 5.63. The monoisotopic (exact) mass is 387 g/mol. The van der Waals surface area contributed by atoms with Gasteiger partial charge in [-0.3, -0.25) is 4.90 Å². The molecule has 4 heterocycles. The maximum absolute atomic E-state index is 9.18. The zero-order valence-corrected chi connectivity index (χ0v) is 16.4. The Balaban J connectivity index is 1.66. The topological polar surface area (TPSA) is 77.0 Å². The van der Waals surface area contributed by atoms with E-state index in [2.05, 4.69) is 27.3 Å². The third kappa shape index (κ3) is 3.53. The van der Waals surface area contributed by atoms with Crippen molar-refractivity contribution in [3.63, 3.8) is 0 Å². The lowest BCUT2D eigenvalue weighted by molar-refractivity contribution is 0.00299. The number of hydrogen-bond acceptors (Lipinski definition) is 5. The number of fused-ring (bicyclic) bond motifs is 1. The normalized spacial score (nSPS) is 21.3. The Morgan fingerprint density at radius 2 is 2.00 bits per heavy atom. The van der Waals surface area contributed by atoms with E-state index in [9.17, 15) is 5.26 Å². The van der Waals surface area contributed by atoms with Crippen molar-refractivity contribution in [2.75, 3.05) is 39.4 Å². The number of H-pyrrole nitrogens is 1. The summed E-state index contributed by atoms with van der Waals surface area (Å²) in [4.78, 5) is 11.0. The highest BCUT2D eigenvalue weighted by atomic mass is 16.5. The molecule has 2 saturated heterocycles. The molecule has 0 radical (unpaired) electrons. The molecule has 0 aliphatic carbocycles. The van der Waals surface area contributed by atoms with Gasteiger partial charge in [-0.05, 0) is 55.3 Å². The number of nitriles is 1. The number of morpholine rings is 1. The van der Waals surface area contributed by atoms with E-state index in [0.717, 1.165) is 73.7 Å². The van der Waals surface area contributed by atoms with Crippen LogP contribution >= 0.6 is 0 Å². The molecule has 2 fully saturated rings. The van der Waals surface area contributed by atoms with Crippen LogP contribution in [-0.2, 0) is 4.74 Å². The molecule has 2 N–H and O–H groups in total. The van der Waals surface area contributed by atoms with Crippen LogP contribution in [0.2, 0.25) is 0 Å². The molecule has 0 saturated carbocycles. The fourth-order valence-electron chi connectivity index (χ4n) is 4.67. The summed E-state index contributed by atoms with van der Waals surface area (Å²) in [7, 11) is 0. The SMILES string of the molecule is N#Cc1ccc(-c2cc3[nH]ccc3nc2C([C@@H]2CCNC2)N2CCOCC2)cc1. The van der Waals surface area contributed by atoms with E-state index < -0.39 is 0 Å². The summed E-state index contributed by atoms with van der Waals surface area (Å²) in [6.45, 7) is 5.48. The van der Waals surface area contributed by atoms with Gasteiger partial charge in [-0.1, -0.05) is 12.1 Å². The second kappa shape index (κ2) is 7.96. The van der Waals surface area contributed by atoms with E-state index in [4.69, 9.17) is 9.72 Å². The Labute approximate surface area is 170 Å². The van der Waals surface area contributed by atoms with E-state index in [1.807, 2.05) is 36.5 Å². The van der Waals surface area contributed by atoms with Crippen LogP contribution < -0.4 is 5.32 Å². The van der Waals surface area contributed by atoms with Crippen LogP contribution in [0, 0.1) is 17.2 Å². The van der Waals surface area contributed by atoms with Gasteiger partial charge in [0.25, 0.3) is 0 Å². The zero-order valence-electron chi connectivity index (χ0n) is 16.4. The third-order valence-electron chi connectivity index (χ3n) is 6.15. The molecule has 1 aromatic carbocycles. The smallest absolute Gasteiger partial charge is 0.0991 e.